The molecular formula is C16H22N2O4S. The van der Waals surface area contributed by atoms with E-state index in [2.05, 4.69) is 4.90 Å². The van der Waals surface area contributed by atoms with Crippen molar-refractivity contribution in [3.05, 3.63) is 18.2 Å². The zero-order valence-electron chi connectivity index (χ0n) is 13.1. The van der Waals surface area contributed by atoms with Crippen molar-refractivity contribution in [2.75, 3.05) is 39.4 Å². The van der Waals surface area contributed by atoms with Crippen LogP contribution in [-0.2, 0) is 10.0 Å². The van der Waals surface area contributed by atoms with Crippen molar-refractivity contribution in [1.29, 1.82) is 0 Å². The third-order valence-corrected chi connectivity index (χ3v) is 6.81. The van der Waals surface area contributed by atoms with Crippen LogP contribution in [-0.4, -0.2) is 63.1 Å². The lowest BCUT2D eigenvalue weighted by Crippen LogP contribution is -2.56. The highest BCUT2D eigenvalue weighted by atomic mass is 32.2. The molecule has 6 nitrogen and oxygen atoms in total. The molecule has 23 heavy (non-hydrogen) atoms. The Kier molecular flexibility index (Phi) is 3.95. The van der Waals surface area contributed by atoms with Crippen molar-refractivity contribution in [3.8, 4) is 11.5 Å². The molecule has 0 saturated carbocycles. The molecule has 3 heterocycles. The van der Waals surface area contributed by atoms with Gasteiger partial charge in [-0.25, -0.2) is 8.42 Å². The first-order valence-electron chi connectivity index (χ1n) is 8.28. The summed E-state index contributed by atoms with van der Waals surface area (Å²) in [5.74, 6) is 1.14. The van der Waals surface area contributed by atoms with E-state index in [4.69, 9.17) is 9.47 Å². The van der Waals surface area contributed by atoms with Crippen LogP contribution in [0.3, 0.4) is 0 Å². The van der Waals surface area contributed by atoms with Crippen LogP contribution in [0.2, 0.25) is 0 Å². The van der Waals surface area contributed by atoms with Gasteiger partial charge < -0.3 is 9.47 Å². The molecule has 3 aliphatic heterocycles. The van der Waals surface area contributed by atoms with E-state index < -0.39 is 10.0 Å². The van der Waals surface area contributed by atoms with Crippen LogP contribution in [0.4, 0.5) is 0 Å². The number of fused-ring (bicyclic) bond motifs is 2. The minimum Gasteiger partial charge on any atom is -0.486 e. The van der Waals surface area contributed by atoms with Gasteiger partial charge >= 0.3 is 0 Å². The summed E-state index contributed by atoms with van der Waals surface area (Å²) >= 11 is 0. The first-order chi connectivity index (χ1) is 11.1. The summed E-state index contributed by atoms with van der Waals surface area (Å²) in [6, 6.07) is 5.27. The number of benzene rings is 1. The second-order valence-corrected chi connectivity index (χ2v) is 8.29. The molecule has 0 aromatic heterocycles. The lowest BCUT2D eigenvalue weighted by molar-refractivity contribution is 0.0851. The topological polar surface area (TPSA) is 59.1 Å². The Hall–Kier alpha value is -1.31. The van der Waals surface area contributed by atoms with Crippen LogP contribution in [0, 0.1) is 0 Å². The van der Waals surface area contributed by atoms with Gasteiger partial charge in [-0.3, -0.25) is 4.90 Å². The van der Waals surface area contributed by atoms with Gasteiger partial charge in [0, 0.05) is 31.7 Å². The maximum atomic E-state index is 13.0. The highest BCUT2D eigenvalue weighted by molar-refractivity contribution is 7.89. The molecule has 0 spiro atoms. The number of rotatable bonds is 2. The van der Waals surface area contributed by atoms with Gasteiger partial charge in [0.2, 0.25) is 10.0 Å². The van der Waals surface area contributed by atoms with Gasteiger partial charge in [0.1, 0.15) is 13.2 Å². The number of piperidine rings is 1. The summed E-state index contributed by atoms with van der Waals surface area (Å²) in [5, 5.41) is 0. The van der Waals surface area contributed by atoms with Crippen molar-refractivity contribution in [2.24, 2.45) is 0 Å². The van der Waals surface area contributed by atoms with Gasteiger partial charge in [0.25, 0.3) is 0 Å². The average molecular weight is 338 g/mol. The third kappa shape index (κ3) is 2.81. The van der Waals surface area contributed by atoms with E-state index >= 15 is 0 Å². The second-order valence-electron chi connectivity index (χ2n) is 6.35. The molecule has 0 amide bonds. The van der Waals surface area contributed by atoms with Crippen molar-refractivity contribution in [2.45, 2.75) is 30.2 Å². The molecule has 1 aromatic rings. The first kappa shape index (κ1) is 15.2. The zero-order chi connectivity index (χ0) is 15.9. The van der Waals surface area contributed by atoms with Gasteiger partial charge in [0.05, 0.1) is 4.90 Å². The number of hydrogen-bond acceptors (Lipinski definition) is 5. The van der Waals surface area contributed by atoms with Gasteiger partial charge in [-0.15, -0.1) is 0 Å². The third-order valence-electron chi connectivity index (χ3n) is 4.95. The predicted octanol–water partition coefficient (Wildman–Crippen LogP) is 1.32. The molecule has 2 saturated heterocycles. The minimum atomic E-state index is -3.47. The van der Waals surface area contributed by atoms with Gasteiger partial charge in [-0.05, 0) is 31.5 Å². The molecule has 2 fully saturated rings. The standard InChI is InChI=1S/C16H22N2O4S/c19-23(20,14-4-5-15-16(11-14)22-10-9-21-15)18-8-7-17-6-2-1-3-13(17)12-18/h4-5,11,13H,1-3,6-10,12H2/t13-/m1/s1. The second kappa shape index (κ2) is 5.96. The molecule has 0 N–H and O–H groups in total. The van der Waals surface area contributed by atoms with Crippen molar-refractivity contribution in [3.63, 3.8) is 0 Å². The SMILES string of the molecule is O=S(=O)(c1ccc2c(c1)OCCO2)N1CCN2CCCC[C@@H]2C1. The quantitative estimate of drug-likeness (QED) is 0.814. The number of piperazine rings is 1. The Morgan fingerprint density at radius 3 is 2.70 bits per heavy atom. The summed E-state index contributed by atoms with van der Waals surface area (Å²) < 4.78 is 38.5. The Bertz CT molecular complexity index is 691. The predicted molar refractivity (Wildman–Crippen MR) is 85.4 cm³/mol. The summed E-state index contributed by atoms with van der Waals surface area (Å²) in [4.78, 5) is 2.73. The molecule has 7 heteroatoms. The maximum Gasteiger partial charge on any atom is 0.243 e. The number of sulfonamides is 1. The summed E-state index contributed by atoms with van der Waals surface area (Å²) in [6.45, 7) is 4.04. The van der Waals surface area contributed by atoms with E-state index in [1.54, 1.807) is 22.5 Å². The number of hydrogen-bond donors (Lipinski definition) is 0. The molecule has 126 valence electrons. The van der Waals surface area contributed by atoms with Gasteiger partial charge in [-0.1, -0.05) is 6.42 Å². The molecule has 4 rings (SSSR count). The Labute approximate surface area is 137 Å². The molecule has 1 atom stereocenters. The van der Waals surface area contributed by atoms with Gasteiger partial charge in [0.15, 0.2) is 11.5 Å². The van der Waals surface area contributed by atoms with Crippen molar-refractivity contribution >= 4 is 10.0 Å². The first-order valence-corrected chi connectivity index (χ1v) is 9.72. The summed E-state index contributed by atoms with van der Waals surface area (Å²) in [6.07, 6.45) is 3.51. The smallest absolute Gasteiger partial charge is 0.243 e. The Morgan fingerprint density at radius 1 is 1.00 bits per heavy atom. The van der Waals surface area contributed by atoms with Crippen molar-refractivity contribution in [1.82, 2.24) is 9.21 Å². The van der Waals surface area contributed by atoms with E-state index in [0.717, 1.165) is 19.5 Å². The van der Waals surface area contributed by atoms with Crippen LogP contribution in [0.5, 0.6) is 11.5 Å². The lowest BCUT2D eigenvalue weighted by Gasteiger charge is -2.43. The van der Waals surface area contributed by atoms with E-state index in [9.17, 15) is 8.42 Å². The molecule has 0 radical (unpaired) electrons. The highest BCUT2D eigenvalue weighted by Crippen LogP contribution is 2.34. The summed E-state index contributed by atoms with van der Waals surface area (Å²) in [7, 11) is -3.47. The van der Waals surface area contributed by atoms with Crippen LogP contribution >= 0.6 is 0 Å². The largest absolute Gasteiger partial charge is 0.486 e. The van der Waals surface area contributed by atoms with Crippen LogP contribution in [0.25, 0.3) is 0 Å². The van der Waals surface area contributed by atoms with E-state index in [1.165, 1.54) is 12.8 Å². The van der Waals surface area contributed by atoms with Crippen LogP contribution < -0.4 is 9.47 Å². The van der Waals surface area contributed by atoms with E-state index in [0.29, 0.717) is 48.7 Å². The highest BCUT2D eigenvalue weighted by Gasteiger charge is 2.35. The molecular weight excluding hydrogens is 316 g/mol. The van der Waals surface area contributed by atoms with Gasteiger partial charge in [-0.2, -0.15) is 4.31 Å². The van der Waals surface area contributed by atoms with Crippen LogP contribution in [0.1, 0.15) is 19.3 Å². The molecule has 0 bridgehead atoms. The molecule has 3 aliphatic rings. The van der Waals surface area contributed by atoms with E-state index in [1.807, 2.05) is 0 Å². The van der Waals surface area contributed by atoms with Crippen LogP contribution in [0.15, 0.2) is 23.1 Å². The fraction of sp³-hybridized carbons (Fsp3) is 0.625. The Morgan fingerprint density at radius 2 is 1.83 bits per heavy atom. The average Bonchev–Trinajstić information content (AvgIpc) is 2.61. The zero-order valence-corrected chi connectivity index (χ0v) is 13.9. The number of nitrogens with zero attached hydrogens (tertiary/aromatic N) is 2. The normalized spacial score (nSPS) is 25.8. The number of ether oxygens (including phenoxy) is 2. The molecule has 0 aliphatic carbocycles. The molecule has 1 aromatic carbocycles. The monoisotopic (exact) mass is 338 g/mol. The summed E-state index contributed by atoms with van der Waals surface area (Å²) in [5.41, 5.74) is 0. The van der Waals surface area contributed by atoms with Crippen molar-refractivity contribution < 1.29 is 17.9 Å². The Balaban J connectivity index is 1.57. The minimum absolute atomic E-state index is 0.297. The fourth-order valence-electron chi connectivity index (χ4n) is 3.68. The maximum absolute atomic E-state index is 13.0. The van der Waals surface area contributed by atoms with E-state index in [-0.39, 0.29) is 0 Å². The lowest BCUT2D eigenvalue weighted by atomic mass is 10.0. The molecule has 0 unspecified atom stereocenters. The fourth-order valence-corrected chi connectivity index (χ4v) is 5.16.